The van der Waals surface area contributed by atoms with Crippen molar-refractivity contribution in [1.82, 2.24) is 5.32 Å². The van der Waals surface area contributed by atoms with Gasteiger partial charge in [0.25, 0.3) is 0 Å². The second-order valence-electron chi connectivity index (χ2n) is 4.91. The van der Waals surface area contributed by atoms with Crippen molar-refractivity contribution in [3.05, 3.63) is 30.3 Å². The molecule has 112 valence electrons. The van der Waals surface area contributed by atoms with Crippen LogP contribution in [0.15, 0.2) is 30.3 Å². The second-order valence-corrected chi connectivity index (χ2v) is 4.91. The maximum atomic E-state index is 11.8. The molecule has 4 heteroatoms. The molecule has 0 saturated heterocycles. The number of hydrogen-bond acceptors (Lipinski definition) is 3. The van der Waals surface area contributed by atoms with Crippen LogP contribution in [0.25, 0.3) is 0 Å². The highest BCUT2D eigenvalue weighted by atomic mass is 16.5. The first-order valence-corrected chi connectivity index (χ1v) is 7.43. The van der Waals surface area contributed by atoms with Crippen molar-refractivity contribution >= 4 is 5.91 Å². The molecule has 1 atom stereocenters. The van der Waals surface area contributed by atoms with Gasteiger partial charge in [0.15, 0.2) is 0 Å². The maximum absolute atomic E-state index is 11.8. The van der Waals surface area contributed by atoms with Gasteiger partial charge in [-0.3, -0.25) is 4.79 Å². The highest BCUT2D eigenvalue weighted by Crippen LogP contribution is 2.08. The second kappa shape index (κ2) is 10.3. The molecule has 1 aromatic carbocycles. The van der Waals surface area contributed by atoms with Crippen LogP contribution < -0.4 is 15.8 Å². The van der Waals surface area contributed by atoms with E-state index in [4.69, 9.17) is 10.5 Å². The molecule has 0 aromatic heterocycles. The van der Waals surface area contributed by atoms with E-state index in [0.717, 1.165) is 25.0 Å². The lowest BCUT2D eigenvalue weighted by Gasteiger charge is -2.16. The number of amides is 1. The number of carbonyl (C=O) groups is 1. The molecule has 3 N–H and O–H groups in total. The number of para-hydroxylation sites is 1. The van der Waals surface area contributed by atoms with E-state index in [-0.39, 0.29) is 11.9 Å². The fourth-order valence-electron chi connectivity index (χ4n) is 1.94. The van der Waals surface area contributed by atoms with Crippen LogP contribution in [-0.4, -0.2) is 25.1 Å². The van der Waals surface area contributed by atoms with Crippen LogP contribution in [0.4, 0.5) is 0 Å². The zero-order valence-electron chi connectivity index (χ0n) is 12.3. The Balaban J connectivity index is 2.13. The number of unbranched alkanes of at least 4 members (excludes halogenated alkanes) is 1. The highest BCUT2D eigenvalue weighted by molar-refractivity contribution is 5.76. The molecule has 0 aliphatic heterocycles. The van der Waals surface area contributed by atoms with Gasteiger partial charge < -0.3 is 15.8 Å². The molecule has 1 amide bonds. The van der Waals surface area contributed by atoms with E-state index in [1.165, 1.54) is 0 Å². The molecule has 0 spiro atoms. The number of nitrogens with one attached hydrogen (secondary N) is 1. The van der Waals surface area contributed by atoms with Crippen LogP contribution in [0, 0.1) is 0 Å². The van der Waals surface area contributed by atoms with Crippen LogP contribution in [0.5, 0.6) is 5.75 Å². The Hall–Kier alpha value is -1.55. The van der Waals surface area contributed by atoms with E-state index in [1.807, 2.05) is 30.3 Å². The van der Waals surface area contributed by atoms with Gasteiger partial charge >= 0.3 is 0 Å². The molecule has 0 fully saturated rings. The first-order chi connectivity index (χ1) is 9.76. The number of nitrogens with two attached hydrogens (primary N) is 1. The van der Waals surface area contributed by atoms with Crippen molar-refractivity contribution in [2.24, 2.45) is 5.73 Å². The Morgan fingerprint density at radius 3 is 2.70 bits per heavy atom. The summed E-state index contributed by atoms with van der Waals surface area (Å²) in [5.41, 5.74) is 5.65. The Morgan fingerprint density at radius 2 is 2.05 bits per heavy atom. The van der Waals surface area contributed by atoms with E-state index in [1.54, 1.807) is 0 Å². The molecule has 0 heterocycles. The zero-order chi connectivity index (χ0) is 14.6. The highest BCUT2D eigenvalue weighted by Gasteiger charge is 2.09. The molecule has 0 radical (unpaired) electrons. The van der Waals surface area contributed by atoms with Crippen molar-refractivity contribution in [2.75, 3.05) is 13.2 Å². The number of carbonyl (C=O) groups excluding carboxylic acids is 1. The van der Waals surface area contributed by atoms with Gasteiger partial charge in [-0.1, -0.05) is 38.0 Å². The van der Waals surface area contributed by atoms with Crippen molar-refractivity contribution in [1.29, 1.82) is 0 Å². The smallest absolute Gasteiger partial charge is 0.220 e. The van der Waals surface area contributed by atoms with Crippen LogP contribution >= 0.6 is 0 Å². The third kappa shape index (κ3) is 7.14. The Kier molecular flexibility index (Phi) is 8.47. The average Bonchev–Trinajstić information content (AvgIpc) is 2.49. The molecule has 1 unspecified atom stereocenters. The Morgan fingerprint density at radius 1 is 1.30 bits per heavy atom. The summed E-state index contributed by atoms with van der Waals surface area (Å²) in [6.45, 7) is 3.20. The number of rotatable bonds is 10. The van der Waals surface area contributed by atoms with Crippen molar-refractivity contribution in [3.8, 4) is 5.75 Å². The number of ether oxygens (including phenoxy) is 1. The van der Waals surface area contributed by atoms with Gasteiger partial charge in [0.05, 0.1) is 6.61 Å². The van der Waals surface area contributed by atoms with Gasteiger partial charge in [0.1, 0.15) is 5.75 Å². The van der Waals surface area contributed by atoms with Gasteiger partial charge in [-0.25, -0.2) is 0 Å². The predicted octanol–water partition coefficient (Wildman–Crippen LogP) is 2.48. The van der Waals surface area contributed by atoms with Crippen molar-refractivity contribution in [3.63, 3.8) is 0 Å². The molecule has 1 rings (SSSR count). The molecular weight excluding hydrogens is 252 g/mol. The molecule has 20 heavy (non-hydrogen) atoms. The van der Waals surface area contributed by atoms with Crippen molar-refractivity contribution < 1.29 is 9.53 Å². The van der Waals surface area contributed by atoms with Gasteiger partial charge in [0.2, 0.25) is 5.91 Å². The fraction of sp³-hybridized carbons (Fsp3) is 0.562. The van der Waals surface area contributed by atoms with Crippen LogP contribution in [0.3, 0.4) is 0 Å². The largest absolute Gasteiger partial charge is 0.494 e. The summed E-state index contributed by atoms with van der Waals surface area (Å²) in [5, 5.41) is 2.98. The summed E-state index contributed by atoms with van der Waals surface area (Å²) in [6.07, 6.45) is 4.37. The minimum Gasteiger partial charge on any atom is -0.494 e. The first kappa shape index (κ1) is 16.5. The quantitative estimate of drug-likeness (QED) is 0.646. The number of benzene rings is 1. The monoisotopic (exact) mass is 278 g/mol. The van der Waals surface area contributed by atoms with Crippen LogP contribution in [0.2, 0.25) is 0 Å². The standard InChI is InChI=1S/C16H26N2O2/c1-2-3-8-14(13-17)18-16(19)11-7-12-20-15-9-5-4-6-10-15/h4-6,9-10,14H,2-3,7-8,11-13,17H2,1H3,(H,18,19). The number of hydrogen-bond donors (Lipinski definition) is 2. The summed E-state index contributed by atoms with van der Waals surface area (Å²) in [6, 6.07) is 9.75. The van der Waals surface area contributed by atoms with Crippen LogP contribution in [-0.2, 0) is 4.79 Å². The molecule has 4 nitrogen and oxygen atoms in total. The van der Waals surface area contributed by atoms with Gasteiger partial charge in [-0.05, 0) is 25.0 Å². The predicted molar refractivity (Wildman–Crippen MR) is 81.7 cm³/mol. The molecule has 0 saturated carbocycles. The van der Waals surface area contributed by atoms with E-state index in [9.17, 15) is 4.79 Å². The minimum atomic E-state index is 0.0632. The summed E-state index contributed by atoms with van der Waals surface area (Å²) in [5.74, 6) is 0.906. The van der Waals surface area contributed by atoms with E-state index >= 15 is 0 Å². The first-order valence-electron chi connectivity index (χ1n) is 7.43. The molecule has 1 aromatic rings. The van der Waals surface area contributed by atoms with Gasteiger partial charge in [-0.15, -0.1) is 0 Å². The Bertz CT molecular complexity index is 368. The lowest BCUT2D eigenvalue weighted by molar-refractivity contribution is -0.122. The summed E-state index contributed by atoms with van der Waals surface area (Å²) < 4.78 is 5.55. The third-order valence-electron chi connectivity index (χ3n) is 3.12. The summed E-state index contributed by atoms with van der Waals surface area (Å²) >= 11 is 0. The lowest BCUT2D eigenvalue weighted by atomic mass is 10.1. The van der Waals surface area contributed by atoms with E-state index in [2.05, 4.69) is 12.2 Å². The third-order valence-corrected chi connectivity index (χ3v) is 3.12. The minimum absolute atomic E-state index is 0.0632. The van der Waals surface area contributed by atoms with Crippen LogP contribution in [0.1, 0.15) is 39.0 Å². The molecule has 0 aliphatic carbocycles. The summed E-state index contributed by atoms with van der Waals surface area (Å²) in [7, 11) is 0. The van der Waals surface area contributed by atoms with Gasteiger partial charge in [-0.2, -0.15) is 0 Å². The molecular formula is C16H26N2O2. The van der Waals surface area contributed by atoms with E-state index < -0.39 is 0 Å². The normalized spacial score (nSPS) is 11.9. The topological polar surface area (TPSA) is 64.3 Å². The van der Waals surface area contributed by atoms with E-state index in [0.29, 0.717) is 26.0 Å². The maximum Gasteiger partial charge on any atom is 0.220 e. The molecule has 0 aliphatic rings. The fourth-order valence-corrected chi connectivity index (χ4v) is 1.94. The lowest BCUT2D eigenvalue weighted by Crippen LogP contribution is -2.40. The summed E-state index contributed by atoms with van der Waals surface area (Å²) in [4.78, 5) is 11.8. The zero-order valence-corrected chi connectivity index (χ0v) is 12.3. The van der Waals surface area contributed by atoms with Gasteiger partial charge in [0, 0.05) is 19.0 Å². The average molecular weight is 278 g/mol. The SMILES string of the molecule is CCCCC(CN)NC(=O)CCCOc1ccccc1. The Labute approximate surface area is 121 Å². The molecule has 0 bridgehead atoms. The van der Waals surface area contributed by atoms with Crippen molar-refractivity contribution in [2.45, 2.75) is 45.1 Å².